The van der Waals surface area contributed by atoms with Gasteiger partial charge in [0, 0.05) is 0 Å². The molecule has 0 aliphatic carbocycles. The summed E-state index contributed by atoms with van der Waals surface area (Å²) in [5.74, 6) is -0.391. The number of para-hydroxylation sites is 2. The molecule has 3 N–H and O–H groups in total. The molecule has 110 valence electrons. The third-order valence-electron chi connectivity index (χ3n) is 3.00. The standard InChI is InChI=1S/C16H17FN2O2/c1-11-5-4-6-12(15(11)17)16(20)19-9-10-21-14-8-3-2-7-13(14)18/h2-8H,9-10,18H2,1H3,(H,19,20). The summed E-state index contributed by atoms with van der Waals surface area (Å²) in [5.41, 5.74) is 6.74. The van der Waals surface area contributed by atoms with Gasteiger partial charge in [-0.1, -0.05) is 24.3 Å². The number of carbonyl (C=O) groups is 1. The zero-order valence-corrected chi connectivity index (χ0v) is 11.7. The Morgan fingerprint density at radius 3 is 2.76 bits per heavy atom. The molecule has 0 aromatic heterocycles. The van der Waals surface area contributed by atoms with Crippen LogP contribution in [0.4, 0.5) is 10.1 Å². The molecule has 0 saturated heterocycles. The van der Waals surface area contributed by atoms with Gasteiger partial charge in [-0.25, -0.2) is 4.39 Å². The van der Waals surface area contributed by atoms with Gasteiger partial charge in [0.25, 0.3) is 5.91 Å². The van der Waals surface area contributed by atoms with Crippen molar-refractivity contribution in [1.29, 1.82) is 0 Å². The number of halogens is 1. The first kappa shape index (κ1) is 14.8. The van der Waals surface area contributed by atoms with Crippen LogP contribution in [0, 0.1) is 12.7 Å². The van der Waals surface area contributed by atoms with E-state index in [0.717, 1.165) is 0 Å². The number of anilines is 1. The summed E-state index contributed by atoms with van der Waals surface area (Å²) in [6.45, 7) is 2.14. The maximum atomic E-state index is 13.8. The summed E-state index contributed by atoms with van der Waals surface area (Å²) in [6, 6.07) is 11.8. The van der Waals surface area contributed by atoms with Crippen molar-refractivity contribution in [3.05, 3.63) is 59.4 Å². The fourth-order valence-electron chi connectivity index (χ4n) is 1.86. The average molecular weight is 288 g/mol. The van der Waals surface area contributed by atoms with Crippen molar-refractivity contribution in [3.8, 4) is 5.75 Å². The Balaban J connectivity index is 1.85. The van der Waals surface area contributed by atoms with Gasteiger partial charge in [0.15, 0.2) is 0 Å². The number of amides is 1. The molecule has 0 fully saturated rings. The zero-order valence-electron chi connectivity index (χ0n) is 11.7. The number of hydrogen-bond acceptors (Lipinski definition) is 3. The highest BCUT2D eigenvalue weighted by atomic mass is 19.1. The van der Waals surface area contributed by atoms with E-state index in [1.54, 1.807) is 31.2 Å². The molecule has 0 unspecified atom stereocenters. The first-order valence-electron chi connectivity index (χ1n) is 6.60. The Morgan fingerprint density at radius 1 is 1.24 bits per heavy atom. The summed E-state index contributed by atoms with van der Waals surface area (Å²) in [6.07, 6.45) is 0. The molecule has 2 rings (SSSR count). The molecule has 1 amide bonds. The van der Waals surface area contributed by atoms with Crippen LogP contribution in [0.5, 0.6) is 5.75 Å². The van der Waals surface area contributed by atoms with Crippen LogP contribution < -0.4 is 15.8 Å². The number of ether oxygens (including phenoxy) is 1. The number of aryl methyl sites for hydroxylation is 1. The van der Waals surface area contributed by atoms with Crippen LogP contribution in [-0.2, 0) is 0 Å². The Morgan fingerprint density at radius 2 is 2.00 bits per heavy atom. The molecule has 0 spiro atoms. The first-order chi connectivity index (χ1) is 10.1. The molecule has 0 bridgehead atoms. The topological polar surface area (TPSA) is 64.3 Å². The van der Waals surface area contributed by atoms with E-state index in [2.05, 4.69) is 5.32 Å². The summed E-state index contributed by atoms with van der Waals surface area (Å²) in [4.78, 5) is 11.9. The smallest absolute Gasteiger partial charge is 0.254 e. The van der Waals surface area contributed by atoms with Gasteiger partial charge in [0.1, 0.15) is 18.2 Å². The third-order valence-corrected chi connectivity index (χ3v) is 3.00. The second-order valence-electron chi connectivity index (χ2n) is 4.58. The minimum absolute atomic E-state index is 0.0363. The van der Waals surface area contributed by atoms with Crippen LogP contribution in [0.25, 0.3) is 0 Å². The monoisotopic (exact) mass is 288 g/mol. The van der Waals surface area contributed by atoms with Gasteiger partial charge in [-0.05, 0) is 30.7 Å². The number of carbonyl (C=O) groups excluding carboxylic acids is 1. The van der Waals surface area contributed by atoms with Crippen molar-refractivity contribution >= 4 is 11.6 Å². The highest BCUT2D eigenvalue weighted by molar-refractivity contribution is 5.94. The van der Waals surface area contributed by atoms with Crippen molar-refractivity contribution in [1.82, 2.24) is 5.32 Å². The van der Waals surface area contributed by atoms with E-state index in [1.807, 2.05) is 12.1 Å². The number of nitrogens with one attached hydrogen (secondary N) is 1. The van der Waals surface area contributed by atoms with Gasteiger partial charge >= 0.3 is 0 Å². The average Bonchev–Trinajstić information content (AvgIpc) is 2.48. The molecule has 0 atom stereocenters. The predicted molar refractivity (Wildman–Crippen MR) is 79.8 cm³/mol. The molecular weight excluding hydrogens is 271 g/mol. The molecule has 0 heterocycles. The molecule has 2 aromatic carbocycles. The molecule has 21 heavy (non-hydrogen) atoms. The van der Waals surface area contributed by atoms with Crippen LogP contribution in [0.15, 0.2) is 42.5 Å². The second-order valence-corrected chi connectivity index (χ2v) is 4.58. The minimum atomic E-state index is -0.497. The third kappa shape index (κ3) is 3.72. The molecular formula is C16H17FN2O2. The normalized spacial score (nSPS) is 10.2. The number of benzene rings is 2. The van der Waals surface area contributed by atoms with Gasteiger partial charge < -0.3 is 15.8 Å². The quantitative estimate of drug-likeness (QED) is 0.656. The largest absolute Gasteiger partial charge is 0.490 e. The number of rotatable bonds is 5. The van der Waals surface area contributed by atoms with E-state index in [4.69, 9.17) is 10.5 Å². The summed E-state index contributed by atoms with van der Waals surface area (Å²) in [7, 11) is 0. The molecule has 0 aliphatic rings. The Labute approximate surface area is 122 Å². The van der Waals surface area contributed by atoms with E-state index in [0.29, 0.717) is 17.0 Å². The number of nitrogen functional groups attached to an aromatic ring is 1. The van der Waals surface area contributed by atoms with Gasteiger partial charge in [-0.15, -0.1) is 0 Å². The van der Waals surface area contributed by atoms with Gasteiger partial charge in [0.2, 0.25) is 0 Å². The second kappa shape index (κ2) is 6.74. The molecule has 0 radical (unpaired) electrons. The molecule has 0 aliphatic heterocycles. The Kier molecular flexibility index (Phi) is 4.77. The van der Waals surface area contributed by atoms with Gasteiger partial charge in [-0.3, -0.25) is 4.79 Å². The van der Waals surface area contributed by atoms with E-state index in [1.165, 1.54) is 6.07 Å². The highest BCUT2D eigenvalue weighted by Crippen LogP contribution is 2.19. The van der Waals surface area contributed by atoms with E-state index in [-0.39, 0.29) is 18.7 Å². The Bertz CT molecular complexity index is 644. The zero-order chi connectivity index (χ0) is 15.2. The van der Waals surface area contributed by atoms with Crippen LogP contribution in [0.1, 0.15) is 15.9 Å². The number of hydrogen-bond donors (Lipinski definition) is 2. The van der Waals surface area contributed by atoms with E-state index < -0.39 is 11.7 Å². The fraction of sp³-hybridized carbons (Fsp3) is 0.188. The van der Waals surface area contributed by atoms with Crippen molar-refractivity contribution < 1.29 is 13.9 Å². The van der Waals surface area contributed by atoms with Crippen molar-refractivity contribution in [2.24, 2.45) is 0 Å². The fourth-order valence-corrected chi connectivity index (χ4v) is 1.86. The molecule has 4 nitrogen and oxygen atoms in total. The van der Waals surface area contributed by atoms with E-state index in [9.17, 15) is 9.18 Å². The van der Waals surface area contributed by atoms with Crippen molar-refractivity contribution in [3.63, 3.8) is 0 Å². The SMILES string of the molecule is Cc1cccc(C(=O)NCCOc2ccccc2N)c1F. The van der Waals surface area contributed by atoms with Crippen molar-refractivity contribution in [2.75, 3.05) is 18.9 Å². The molecule has 2 aromatic rings. The minimum Gasteiger partial charge on any atom is -0.490 e. The summed E-state index contributed by atoms with van der Waals surface area (Å²) < 4.78 is 19.2. The van der Waals surface area contributed by atoms with Crippen molar-refractivity contribution in [2.45, 2.75) is 6.92 Å². The lowest BCUT2D eigenvalue weighted by Crippen LogP contribution is -2.29. The Hall–Kier alpha value is -2.56. The maximum absolute atomic E-state index is 13.8. The highest BCUT2D eigenvalue weighted by Gasteiger charge is 2.12. The lowest BCUT2D eigenvalue weighted by atomic mass is 10.1. The first-order valence-corrected chi connectivity index (χ1v) is 6.60. The van der Waals surface area contributed by atoms with Crippen LogP contribution in [-0.4, -0.2) is 19.1 Å². The van der Waals surface area contributed by atoms with Gasteiger partial charge in [0.05, 0.1) is 17.8 Å². The van der Waals surface area contributed by atoms with Crippen LogP contribution in [0.2, 0.25) is 0 Å². The maximum Gasteiger partial charge on any atom is 0.254 e. The van der Waals surface area contributed by atoms with Gasteiger partial charge in [-0.2, -0.15) is 0 Å². The van der Waals surface area contributed by atoms with Crippen LogP contribution in [0.3, 0.4) is 0 Å². The summed E-state index contributed by atoms with van der Waals surface area (Å²) in [5, 5.41) is 2.61. The predicted octanol–water partition coefficient (Wildman–Crippen LogP) is 2.53. The van der Waals surface area contributed by atoms with Crippen LogP contribution >= 0.6 is 0 Å². The number of nitrogens with two attached hydrogens (primary N) is 1. The molecule has 5 heteroatoms. The lowest BCUT2D eigenvalue weighted by molar-refractivity contribution is 0.0943. The summed E-state index contributed by atoms with van der Waals surface area (Å²) >= 11 is 0. The lowest BCUT2D eigenvalue weighted by Gasteiger charge is -2.10. The molecule has 0 saturated carbocycles. The van der Waals surface area contributed by atoms with E-state index >= 15 is 0 Å².